The Kier molecular flexibility index (Phi) is 5.68. The molecule has 0 fully saturated rings. The van der Waals surface area contributed by atoms with Crippen molar-refractivity contribution in [2.75, 3.05) is 16.0 Å². The number of urea groups is 1. The molecule has 3 N–H and O–H groups in total. The number of carbonyl (C=O) groups is 2. The van der Waals surface area contributed by atoms with E-state index in [-0.39, 0.29) is 16.9 Å². The molecule has 1 aromatic heterocycles. The summed E-state index contributed by atoms with van der Waals surface area (Å²) in [4.78, 5) is 29.0. The zero-order valence-corrected chi connectivity index (χ0v) is 15.6. The highest BCUT2D eigenvalue weighted by Gasteiger charge is 2.17. The molecule has 0 saturated carbocycles. The van der Waals surface area contributed by atoms with Gasteiger partial charge in [-0.3, -0.25) is 10.1 Å². The molecule has 0 atom stereocenters. The smallest absolute Gasteiger partial charge is 0.321 e. The van der Waals surface area contributed by atoms with Crippen molar-refractivity contribution in [1.29, 1.82) is 0 Å². The first-order valence-corrected chi connectivity index (χ1v) is 8.98. The molecular weight excluding hydrogens is 391 g/mol. The predicted octanol–water partition coefficient (Wildman–Crippen LogP) is 5.14. The molecule has 0 radical (unpaired) electrons. The second kappa shape index (κ2) is 8.15. The average Bonchev–Trinajstić information content (AvgIpc) is 2.99. The van der Waals surface area contributed by atoms with Crippen LogP contribution in [0.5, 0.6) is 0 Å². The Bertz CT molecular complexity index is 974. The van der Waals surface area contributed by atoms with Crippen molar-refractivity contribution < 1.29 is 14.0 Å². The molecule has 9 heteroatoms. The summed E-state index contributed by atoms with van der Waals surface area (Å²) in [6.45, 7) is 1.67. The lowest BCUT2D eigenvalue weighted by Gasteiger charge is -2.05. The van der Waals surface area contributed by atoms with Crippen LogP contribution >= 0.6 is 22.9 Å². The van der Waals surface area contributed by atoms with Crippen LogP contribution in [-0.4, -0.2) is 16.9 Å². The Hall–Kier alpha value is -2.97. The van der Waals surface area contributed by atoms with Gasteiger partial charge in [0.2, 0.25) is 0 Å². The van der Waals surface area contributed by atoms with Gasteiger partial charge in [-0.25, -0.2) is 14.2 Å². The lowest BCUT2D eigenvalue weighted by molar-refractivity contribution is 0.102. The molecule has 0 aliphatic heterocycles. The normalized spacial score (nSPS) is 10.3. The Labute approximate surface area is 163 Å². The van der Waals surface area contributed by atoms with Gasteiger partial charge in [-0.15, -0.1) is 0 Å². The van der Waals surface area contributed by atoms with E-state index in [0.717, 1.165) is 11.3 Å². The van der Waals surface area contributed by atoms with Crippen LogP contribution in [0.25, 0.3) is 0 Å². The number of halogens is 2. The molecule has 0 unspecified atom stereocenters. The number of aryl methyl sites for hydroxylation is 1. The maximum Gasteiger partial charge on any atom is 0.325 e. The summed E-state index contributed by atoms with van der Waals surface area (Å²) in [7, 11) is 0. The van der Waals surface area contributed by atoms with Crippen molar-refractivity contribution in [2.45, 2.75) is 6.92 Å². The summed E-state index contributed by atoms with van der Waals surface area (Å²) in [6, 6.07) is 11.6. The van der Waals surface area contributed by atoms with Crippen molar-refractivity contribution in [2.24, 2.45) is 0 Å². The quantitative estimate of drug-likeness (QED) is 0.563. The molecule has 27 heavy (non-hydrogen) atoms. The zero-order chi connectivity index (χ0) is 19.4. The topological polar surface area (TPSA) is 83.1 Å². The number of thiazole rings is 1. The lowest BCUT2D eigenvalue weighted by Crippen LogP contribution is -2.19. The summed E-state index contributed by atoms with van der Waals surface area (Å²) >= 11 is 6.84. The highest BCUT2D eigenvalue weighted by molar-refractivity contribution is 7.17. The molecule has 1 heterocycles. The highest BCUT2D eigenvalue weighted by atomic mass is 35.5. The SMILES string of the molecule is Cc1nc(NC(=O)Nc2ccc(Cl)cc2)sc1C(=O)Nc1ccc(F)cc1. The second-order valence-corrected chi connectivity index (χ2v) is 6.92. The van der Waals surface area contributed by atoms with Crippen molar-refractivity contribution in [3.8, 4) is 0 Å². The maximum atomic E-state index is 12.9. The van der Waals surface area contributed by atoms with E-state index in [1.54, 1.807) is 31.2 Å². The third-order valence-corrected chi connectivity index (χ3v) is 4.75. The number of hydrogen-bond acceptors (Lipinski definition) is 4. The lowest BCUT2D eigenvalue weighted by atomic mass is 10.3. The van der Waals surface area contributed by atoms with Gasteiger partial charge >= 0.3 is 6.03 Å². The number of carbonyl (C=O) groups excluding carboxylic acids is 2. The van der Waals surface area contributed by atoms with E-state index < -0.39 is 6.03 Å². The van der Waals surface area contributed by atoms with E-state index in [9.17, 15) is 14.0 Å². The van der Waals surface area contributed by atoms with E-state index in [2.05, 4.69) is 20.9 Å². The van der Waals surface area contributed by atoms with E-state index in [4.69, 9.17) is 11.6 Å². The molecule has 3 rings (SSSR count). The van der Waals surface area contributed by atoms with Crippen molar-refractivity contribution in [1.82, 2.24) is 4.98 Å². The van der Waals surface area contributed by atoms with Gasteiger partial charge in [-0.2, -0.15) is 0 Å². The van der Waals surface area contributed by atoms with Crippen LogP contribution < -0.4 is 16.0 Å². The third-order valence-electron chi connectivity index (χ3n) is 3.43. The first-order chi connectivity index (χ1) is 12.9. The number of rotatable bonds is 4. The van der Waals surface area contributed by atoms with Gasteiger partial charge in [0.15, 0.2) is 5.13 Å². The zero-order valence-electron chi connectivity index (χ0n) is 14.0. The number of nitrogens with zero attached hydrogens (tertiary/aromatic N) is 1. The molecule has 3 aromatic rings. The number of hydrogen-bond donors (Lipinski definition) is 3. The van der Waals surface area contributed by atoms with Gasteiger partial charge in [0.05, 0.1) is 5.69 Å². The van der Waals surface area contributed by atoms with Crippen molar-refractivity contribution in [3.05, 3.63) is 69.9 Å². The largest absolute Gasteiger partial charge is 0.325 e. The molecule has 0 aliphatic rings. The van der Waals surface area contributed by atoms with E-state index in [0.29, 0.717) is 27.0 Å². The first kappa shape index (κ1) is 18.8. The van der Waals surface area contributed by atoms with E-state index in [1.807, 2.05) is 0 Å². The fraction of sp³-hybridized carbons (Fsp3) is 0.0556. The summed E-state index contributed by atoms with van der Waals surface area (Å²) in [5.41, 5.74) is 1.50. The number of aromatic nitrogens is 1. The minimum atomic E-state index is -0.489. The molecule has 3 amide bonds. The van der Waals surface area contributed by atoms with Gasteiger partial charge in [0.1, 0.15) is 10.7 Å². The third kappa shape index (κ3) is 5.02. The predicted molar refractivity (Wildman–Crippen MR) is 105 cm³/mol. The molecule has 0 saturated heterocycles. The van der Waals surface area contributed by atoms with Crippen LogP contribution in [-0.2, 0) is 0 Å². The molecular formula is C18H14ClFN4O2S. The molecule has 0 spiro atoms. The molecule has 0 bridgehead atoms. The summed E-state index contributed by atoms with van der Waals surface area (Å²) in [5.74, 6) is -0.775. The Morgan fingerprint density at radius 3 is 2.22 bits per heavy atom. The molecule has 138 valence electrons. The monoisotopic (exact) mass is 404 g/mol. The summed E-state index contributed by atoms with van der Waals surface area (Å²) in [6.07, 6.45) is 0. The van der Waals surface area contributed by atoms with Gasteiger partial charge < -0.3 is 10.6 Å². The van der Waals surface area contributed by atoms with Crippen LogP contribution in [0.15, 0.2) is 48.5 Å². The number of benzene rings is 2. The van der Waals surface area contributed by atoms with Crippen LogP contribution in [0.4, 0.5) is 25.7 Å². The van der Waals surface area contributed by atoms with Crippen LogP contribution in [0, 0.1) is 12.7 Å². The fourth-order valence-electron chi connectivity index (χ4n) is 2.17. The van der Waals surface area contributed by atoms with Gasteiger partial charge in [-0.1, -0.05) is 22.9 Å². The molecule has 0 aliphatic carbocycles. The fourth-order valence-corrected chi connectivity index (χ4v) is 3.16. The molecule has 2 aromatic carbocycles. The number of anilines is 3. The second-order valence-electron chi connectivity index (χ2n) is 5.48. The average molecular weight is 405 g/mol. The Morgan fingerprint density at radius 1 is 0.963 bits per heavy atom. The number of nitrogens with one attached hydrogen (secondary N) is 3. The van der Waals surface area contributed by atoms with Crippen molar-refractivity contribution in [3.63, 3.8) is 0 Å². The van der Waals surface area contributed by atoms with Gasteiger partial charge in [0, 0.05) is 16.4 Å². The maximum absolute atomic E-state index is 12.9. The summed E-state index contributed by atoms with van der Waals surface area (Å²) in [5, 5.41) is 8.74. The van der Waals surface area contributed by atoms with Crippen LogP contribution in [0.1, 0.15) is 15.4 Å². The van der Waals surface area contributed by atoms with Gasteiger partial charge in [0.25, 0.3) is 5.91 Å². The minimum absolute atomic E-state index is 0.281. The van der Waals surface area contributed by atoms with Crippen LogP contribution in [0.2, 0.25) is 5.02 Å². The minimum Gasteiger partial charge on any atom is -0.321 e. The molecule has 6 nitrogen and oxygen atoms in total. The van der Waals surface area contributed by atoms with E-state index >= 15 is 0 Å². The van der Waals surface area contributed by atoms with Gasteiger partial charge in [-0.05, 0) is 55.5 Å². The van der Waals surface area contributed by atoms with Crippen molar-refractivity contribution >= 4 is 51.4 Å². The Morgan fingerprint density at radius 2 is 1.56 bits per heavy atom. The van der Waals surface area contributed by atoms with E-state index in [1.165, 1.54) is 24.3 Å². The summed E-state index contributed by atoms with van der Waals surface area (Å²) < 4.78 is 12.9. The van der Waals surface area contributed by atoms with Crippen LogP contribution in [0.3, 0.4) is 0 Å². The standard InChI is InChI=1S/C18H14ClFN4O2S/c1-10-15(16(25)22-13-8-4-12(20)5-9-13)27-18(21-10)24-17(26)23-14-6-2-11(19)3-7-14/h2-9H,1H3,(H,22,25)(H2,21,23,24,26). The highest BCUT2D eigenvalue weighted by Crippen LogP contribution is 2.24. The number of amides is 3. The Balaban J connectivity index is 1.64. The first-order valence-electron chi connectivity index (χ1n) is 7.78.